The number of fused-ring (bicyclic) bond motifs is 3. The first-order chi connectivity index (χ1) is 13.4. The minimum absolute atomic E-state index is 0.139. The lowest BCUT2D eigenvalue weighted by atomic mass is 9.56. The molecule has 1 aromatic heterocycles. The zero-order chi connectivity index (χ0) is 19.4. The molecular weight excluding hydrogens is 360 g/mol. The summed E-state index contributed by atoms with van der Waals surface area (Å²) in [6, 6.07) is 4.94. The Kier molecular flexibility index (Phi) is 2.75. The van der Waals surface area contributed by atoms with Crippen LogP contribution in [0.2, 0.25) is 0 Å². The van der Waals surface area contributed by atoms with Gasteiger partial charge in [-0.25, -0.2) is 0 Å². The first-order valence-electron chi connectivity index (χ1n) is 9.74. The molecule has 4 aliphatic heterocycles. The highest BCUT2D eigenvalue weighted by molar-refractivity contribution is 6.46. The molecule has 5 aliphatic rings. The van der Waals surface area contributed by atoms with Crippen LogP contribution in [0, 0.1) is 5.92 Å². The molecule has 4 fully saturated rings. The first-order valence-corrected chi connectivity index (χ1v) is 9.74. The van der Waals surface area contributed by atoms with E-state index in [1.165, 1.54) is 0 Å². The summed E-state index contributed by atoms with van der Waals surface area (Å²) in [5.41, 5.74) is -0.132. The van der Waals surface area contributed by atoms with Crippen LogP contribution in [-0.2, 0) is 19.7 Å². The van der Waals surface area contributed by atoms with Gasteiger partial charge in [0, 0.05) is 23.1 Å². The maximum Gasteiger partial charge on any atom is 0.321 e. The molecule has 2 aromatic rings. The number of esters is 1. The Labute approximate surface area is 161 Å². The van der Waals surface area contributed by atoms with Gasteiger partial charge >= 0.3 is 5.97 Å². The van der Waals surface area contributed by atoms with E-state index in [2.05, 4.69) is 4.98 Å². The van der Waals surface area contributed by atoms with E-state index < -0.39 is 28.7 Å². The summed E-state index contributed by atoms with van der Waals surface area (Å²) >= 11 is 0. The highest BCUT2D eigenvalue weighted by Gasteiger charge is 2.76. The van der Waals surface area contributed by atoms with E-state index >= 15 is 0 Å². The number of aromatic nitrogens is 1. The molecule has 5 heterocycles. The Hall–Kier alpha value is -2.83. The molecule has 2 unspecified atom stereocenters. The van der Waals surface area contributed by atoms with Crippen molar-refractivity contribution in [2.75, 3.05) is 13.7 Å². The van der Waals surface area contributed by atoms with Crippen molar-refractivity contribution in [3.63, 3.8) is 0 Å². The number of amides is 1. The van der Waals surface area contributed by atoms with Gasteiger partial charge in [-0.1, -0.05) is 6.92 Å². The maximum absolute atomic E-state index is 13.4. The summed E-state index contributed by atoms with van der Waals surface area (Å²) in [6.45, 7) is 2.50. The number of methoxy groups -OCH3 is 1. The van der Waals surface area contributed by atoms with Gasteiger partial charge in [-0.15, -0.1) is 0 Å². The largest absolute Gasteiger partial charge is 0.497 e. The second-order valence-electron chi connectivity index (χ2n) is 8.53. The molecule has 1 saturated carbocycles. The lowest BCUT2D eigenvalue weighted by molar-refractivity contribution is -0.158. The molecule has 4 atom stereocenters. The van der Waals surface area contributed by atoms with Crippen molar-refractivity contribution in [3.05, 3.63) is 29.5 Å². The Morgan fingerprint density at radius 3 is 2.86 bits per heavy atom. The van der Waals surface area contributed by atoms with Gasteiger partial charge in [0.1, 0.15) is 16.8 Å². The Morgan fingerprint density at radius 1 is 1.29 bits per heavy atom. The molecule has 3 saturated heterocycles. The number of Topliss-reactive ketones (excluding diaryl/α,β-unsaturated/α-hetero) is 1. The van der Waals surface area contributed by atoms with Crippen LogP contribution in [0.15, 0.2) is 18.2 Å². The number of hydrogen-bond acceptors (Lipinski definition) is 5. The van der Waals surface area contributed by atoms with E-state index in [4.69, 9.17) is 9.47 Å². The monoisotopic (exact) mass is 380 g/mol. The normalized spacial score (nSPS) is 35.2. The van der Waals surface area contributed by atoms with Crippen LogP contribution in [0.4, 0.5) is 0 Å². The van der Waals surface area contributed by atoms with Gasteiger partial charge in [-0.2, -0.15) is 0 Å². The SMILES string of the molecule is CC[C@]12CC3CN4C(=O)C(=O)c5c([nH]c6ccc(OC)cc56)[C@@](C3)(C(=O)O1)C42. The van der Waals surface area contributed by atoms with Crippen LogP contribution in [0.1, 0.15) is 42.2 Å². The second kappa shape index (κ2) is 4.77. The van der Waals surface area contributed by atoms with Crippen LogP contribution in [0.5, 0.6) is 5.75 Å². The van der Waals surface area contributed by atoms with Gasteiger partial charge < -0.3 is 19.4 Å². The van der Waals surface area contributed by atoms with Crippen LogP contribution < -0.4 is 4.74 Å². The molecular formula is C21H20N2O5. The summed E-state index contributed by atoms with van der Waals surface area (Å²) < 4.78 is 11.3. The average Bonchev–Trinajstić information content (AvgIpc) is 3.16. The van der Waals surface area contributed by atoms with Gasteiger partial charge in [-0.05, 0) is 43.4 Å². The molecule has 7 nitrogen and oxygen atoms in total. The third-order valence-electron chi connectivity index (χ3n) is 7.37. The molecule has 144 valence electrons. The van der Waals surface area contributed by atoms with Crippen LogP contribution in [0.3, 0.4) is 0 Å². The average molecular weight is 380 g/mol. The fraction of sp³-hybridized carbons (Fsp3) is 0.476. The minimum Gasteiger partial charge on any atom is -0.497 e. The topological polar surface area (TPSA) is 88.7 Å². The van der Waals surface area contributed by atoms with Crippen LogP contribution in [-0.4, -0.2) is 52.8 Å². The van der Waals surface area contributed by atoms with Crippen molar-refractivity contribution < 1.29 is 23.9 Å². The zero-order valence-electron chi connectivity index (χ0n) is 15.7. The summed E-state index contributed by atoms with van der Waals surface area (Å²) in [6.07, 6.45) is 1.98. The number of H-pyrrole nitrogens is 1. The number of benzene rings is 1. The number of rotatable bonds is 2. The van der Waals surface area contributed by atoms with Gasteiger partial charge in [0.15, 0.2) is 0 Å². The predicted octanol–water partition coefficient (Wildman–Crippen LogP) is 1.94. The molecule has 5 bridgehead atoms. The number of piperidine rings is 2. The number of aromatic amines is 1. The third-order valence-corrected chi connectivity index (χ3v) is 7.37. The number of hydrogen-bond donors (Lipinski definition) is 1. The molecule has 1 N–H and O–H groups in total. The van der Waals surface area contributed by atoms with Crippen molar-refractivity contribution in [3.8, 4) is 5.75 Å². The highest BCUT2D eigenvalue weighted by Crippen LogP contribution is 2.62. The zero-order valence-corrected chi connectivity index (χ0v) is 15.7. The number of nitrogens with one attached hydrogen (secondary N) is 1. The predicted molar refractivity (Wildman–Crippen MR) is 98.2 cm³/mol. The number of nitrogens with zero attached hydrogens (tertiary/aromatic N) is 1. The van der Waals surface area contributed by atoms with E-state index in [1.54, 1.807) is 24.1 Å². The summed E-state index contributed by atoms with van der Waals surface area (Å²) in [5.74, 6) is -0.659. The molecule has 0 radical (unpaired) electrons. The lowest BCUT2D eigenvalue weighted by Gasteiger charge is -2.55. The maximum atomic E-state index is 13.4. The fourth-order valence-electron chi connectivity index (χ4n) is 6.38. The molecule has 1 amide bonds. The number of ether oxygens (including phenoxy) is 2. The number of carbonyl (C=O) groups excluding carboxylic acids is 3. The van der Waals surface area contributed by atoms with Crippen LogP contribution in [0.25, 0.3) is 10.9 Å². The van der Waals surface area contributed by atoms with Gasteiger partial charge in [0.25, 0.3) is 11.7 Å². The van der Waals surface area contributed by atoms with E-state index in [0.717, 1.165) is 11.9 Å². The molecule has 1 aliphatic carbocycles. The second-order valence-corrected chi connectivity index (χ2v) is 8.53. The molecule has 1 aromatic carbocycles. The Balaban J connectivity index is 1.73. The Morgan fingerprint density at radius 2 is 2.11 bits per heavy atom. The van der Waals surface area contributed by atoms with Crippen molar-refractivity contribution >= 4 is 28.6 Å². The molecule has 28 heavy (non-hydrogen) atoms. The molecule has 7 rings (SSSR count). The first kappa shape index (κ1) is 16.2. The standard InChI is InChI=1S/C21H20N2O5/c1-3-20-7-10-8-21(19(26)28-20)16-14(15(24)17(25)23(9-10)18(20)21)12-6-11(27-2)4-5-13(12)22-16/h4-6,10,18,22H,3,7-9H2,1-2H3/t10?,18?,20-,21-/m1/s1. The molecule has 0 spiro atoms. The van der Waals surface area contributed by atoms with E-state index in [-0.39, 0.29) is 11.9 Å². The Bertz CT molecular complexity index is 1100. The van der Waals surface area contributed by atoms with Gasteiger partial charge in [0.2, 0.25) is 0 Å². The van der Waals surface area contributed by atoms with Crippen molar-refractivity contribution in [2.24, 2.45) is 5.92 Å². The third kappa shape index (κ3) is 1.53. The highest BCUT2D eigenvalue weighted by atomic mass is 16.6. The van der Waals surface area contributed by atoms with Crippen molar-refractivity contribution in [1.82, 2.24) is 9.88 Å². The van der Waals surface area contributed by atoms with Crippen molar-refractivity contribution in [1.29, 1.82) is 0 Å². The van der Waals surface area contributed by atoms with Crippen molar-refractivity contribution in [2.45, 2.75) is 43.2 Å². The lowest BCUT2D eigenvalue weighted by Crippen LogP contribution is -2.69. The fourth-order valence-corrected chi connectivity index (χ4v) is 6.38. The summed E-state index contributed by atoms with van der Waals surface area (Å²) in [4.78, 5) is 44.9. The van der Waals surface area contributed by atoms with E-state index in [0.29, 0.717) is 41.8 Å². The van der Waals surface area contributed by atoms with Gasteiger partial charge in [-0.3, -0.25) is 14.4 Å². The van der Waals surface area contributed by atoms with Gasteiger partial charge in [0.05, 0.1) is 18.7 Å². The quantitative estimate of drug-likeness (QED) is 0.635. The summed E-state index contributed by atoms with van der Waals surface area (Å²) in [5, 5.41) is 0.619. The minimum atomic E-state index is -0.999. The van der Waals surface area contributed by atoms with Crippen LogP contribution >= 0.6 is 0 Å². The number of carbonyl (C=O) groups is 3. The van der Waals surface area contributed by atoms with E-state index in [1.807, 2.05) is 13.0 Å². The van der Waals surface area contributed by atoms with E-state index in [9.17, 15) is 14.4 Å². The molecule has 7 heteroatoms. The summed E-state index contributed by atoms with van der Waals surface area (Å²) in [7, 11) is 1.56. The smallest absolute Gasteiger partial charge is 0.321 e. The number of ketones is 1.